The molecular formula is C11H12Cl2O3S. The SMILES string of the molecule is O=S1(=O)CCC(Oc2cccc(Cl)c2CCl)C1. The summed E-state index contributed by atoms with van der Waals surface area (Å²) in [5.41, 5.74) is 0.708. The fourth-order valence-corrected chi connectivity index (χ4v) is 3.98. The number of rotatable bonds is 3. The van der Waals surface area contributed by atoms with Crippen molar-refractivity contribution in [2.75, 3.05) is 11.5 Å². The molecule has 0 N–H and O–H groups in total. The van der Waals surface area contributed by atoms with Crippen LogP contribution in [0.2, 0.25) is 5.02 Å². The topological polar surface area (TPSA) is 43.4 Å². The Labute approximate surface area is 111 Å². The van der Waals surface area contributed by atoms with Crippen molar-refractivity contribution in [1.82, 2.24) is 0 Å². The van der Waals surface area contributed by atoms with E-state index in [9.17, 15) is 8.42 Å². The maximum absolute atomic E-state index is 11.3. The van der Waals surface area contributed by atoms with Gasteiger partial charge in [-0.05, 0) is 18.6 Å². The van der Waals surface area contributed by atoms with Gasteiger partial charge in [-0.25, -0.2) is 8.42 Å². The molecule has 0 saturated carbocycles. The van der Waals surface area contributed by atoms with Crippen molar-refractivity contribution in [3.63, 3.8) is 0 Å². The van der Waals surface area contributed by atoms with Gasteiger partial charge in [-0.3, -0.25) is 0 Å². The fraction of sp³-hybridized carbons (Fsp3) is 0.455. The number of hydrogen-bond acceptors (Lipinski definition) is 3. The summed E-state index contributed by atoms with van der Waals surface area (Å²) in [7, 11) is -2.94. The Balaban J connectivity index is 2.17. The molecule has 1 aliphatic rings. The van der Waals surface area contributed by atoms with E-state index < -0.39 is 9.84 Å². The van der Waals surface area contributed by atoms with E-state index in [1.807, 2.05) is 0 Å². The molecule has 2 rings (SSSR count). The summed E-state index contributed by atoms with van der Waals surface area (Å²) in [6, 6.07) is 5.25. The summed E-state index contributed by atoms with van der Waals surface area (Å²) < 4.78 is 28.3. The lowest BCUT2D eigenvalue weighted by molar-refractivity contribution is 0.227. The molecule has 1 atom stereocenters. The van der Waals surface area contributed by atoms with E-state index in [1.165, 1.54) is 0 Å². The molecule has 6 heteroatoms. The van der Waals surface area contributed by atoms with Crippen LogP contribution < -0.4 is 4.74 Å². The second-order valence-corrected chi connectivity index (χ2v) is 6.90. The highest BCUT2D eigenvalue weighted by atomic mass is 35.5. The molecule has 3 nitrogen and oxygen atoms in total. The monoisotopic (exact) mass is 294 g/mol. The molecule has 1 heterocycles. The molecule has 1 aromatic rings. The lowest BCUT2D eigenvalue weighted by Gasteiger charge is -2.15. The van der Waals surface area contributed by atoms with Crippen molar-refractivity contribution in [3.8, 4) is 5.75 Å². The Morgan fingerprint density at radius 2 is 2.18 bits per heavy atom. The fourth-order valence-electron chi connectivity index (χ4n) is 1.81. The van der Waals surface area contributed by atoms with Crippen molar-refractivity contribution in [2.45, 2.75) is 18.4 Å². The lowest BCUT2D eigenvalue weighted by atomic mass is 10.2. The molecule has 1 aliphatic heterocycles. The molecule has 0 aliphatic carbocycles. The van der Waals surface area contributed by atoms with Crippen LogP contribution in [0.25, 0.3) is 0 Å². The van der Waals surface area contributed by atoms with Gasteiger partial charge in [0.1, 0.15) is 11.9 Å². The second kappa shape index (κ2) is 5.04. The minimum atomic E-state index is -2.94. The molecule has 0 amide bonds. The summed E-state index contributed by atoms with van der Waals surface area (Å²) in [6.45, 7) is 0. The number of hydrogen-bond donors (Lipinski definition) is 0. The van der Waals surface area contributed by atoms with E-state index in [2.05, 4.69) is 0 Å². The second-order valence-electron chi connectivity index (χ2n) is 3.99. The van der Waals surface area contributed by atoms with Crippen LogP contribution in [-0.2, 0) is 15.7 Å². The van der Waals surface area contributed by atoms with Crippen LogP contribution in [0, 0.1) is 0 Å². The maximum Gasteiger partial charge on any atom is 0.154 e. The Morgan fingerprint density at radius 3 is 2.76 bits per heavy atom. The van der Waals surface area contributed by atoms with Crippen molar-refractivity contribution in [3.05, 3.63) is 28.8 Å². The third-order valence-corrected chi connectivity index (χ3v) is 5.05. The van der Waals surface area contributed by atoms with Crippen LogP contribution in [-0.4, -0.2) is 26.0 Å². The summed E-state index contributed by atoms with van der Waals surface area (Å²) in [4.78, 5) is 0. The van der Waals surface area contributed by atoms with E-state index in [1.54, 1.807) is 18.2 Å². The van der Waals surface area contributed by atoms with Gasteiger partial charge in [0.15, 0.2) is 9.84 Å². The van der Waals surface area contributed by atoms with Crippen LogP contribution in [0.5, 0.6) is 5.75 Å². The van der Waals surface area contributed by atoms with Gasteiger partial charge in [-0.1, -0.05) is 17.7 Å². The van der Waals surface area contributed by atoms with Crippen molar-refractivity contribution < 1.29 is 13.2 Å². The van der Waals surface area contributed by atoms with Crippen LogP contribution in [0.1, 0.15) is 12.0 Å². The van der Waals surface area contributed by atoms with E-state index in [4.69, 9.17) is 27.9 Å². The number of ether oxygens (including phenoxy) is 1. The lowest BCUT2D eigenvalue weighted by Crippen LogP contribution is -2.18. The molecule has 1 saturated heterocycles. The Hall–Kier alpha value is -0.450. The number of halogens is 2. The molecule has 1 unspecified atom stereocenters. The van der Waals surface area contributed by atoms with E-state index in [0.717, 1.165) is 0 Å². The first-order valence-corrected chi connectivity index (χ1v) is 7.95. The Bertz CT molecular complexity index is 513. The maximum atomic E-state index is 11.3. The molecule has 17 heavy (non-hydrogen) atoms. The van der Waals surface area contributed by atoms with Crippen molar-refractivity contribution in [2.24, 2.45) is 0 Å². The van der Waals surface area contributed by atoms with Crippen molar-refractivity contribution >= 4 is 33.0 Å². The number of benzene rings is 1. The summed E-state index contributed by atoms with van der Waals surface area (Å²) >= 11 is 11.8. The molecule has 1 fully saturated rings. The molecular weight excluding hydrogens is 283 g/mol. The van der Waals surface area contributed by atoms with Crippen LogP contribution >= 0.6 is 23.2 Å². The highest BCUT2D eigenvalue weighted by molar-refractivity contribution is 7.91. The van der Waals surface area contributed by atoms with E-state index in [0.29, 0.717) is 22.8 Å². The van der Waals surface area contributed by atoms with E-state index in [-0.39, 0.29) is 23.5 Å². The predicted molar refractivity (Wildman–Crippen MR) is 68.7 cm³/mol. The normalized spacial score (nSPS) is 22.6. The average Bonchev–Trinajstić information content (AvgIpc) is 2.58. The van der Waals surface area contributed by atoms with Gasteiger partial charge in [-0.15, -0.1) is 11.6 Å². The summed E-state index contributed by atoms with van der Waals surface area (Å²) in [5, 5.41) is 0.540. The zero-order valence-corrected chi connectivity index (χ0v) is 11.4. The van der Waals surface area contributed by atoms with Gasteiger partial charge in [0, 0.05) is 10.6 Å². The van der Waals surface area contributed by atoms with Gasteiger partial charge in [0.2, 0.25) is 0 Å². The largest absolute Gasteiger partial charge is 0.489 e. The number of alkyl halides is 1. The van der Waals surface area contributed by atoms with E-state index >= 15 is 0 Å². The third-order valence-electron chi connectivity index (χ3n) is 2.69. The third kappa shape index (κ3) is 3.06. The first-order chi connectivity index (χ1) is 8.02. The van der Waals surface area contributed by atoms with Gasteiger partial charge < -0.3 is 4.74 Å². The molecule has 0 aromatic heterocycles. The van der Waals surface area contributed by atoms with Crippen LogP contribution in [0.15, 0.2) is 18.2 Å². The molecule has 0 radical (unpaired) electrons. The highest BCUT2D eigenvalue weighted by Gasteiger charge is 2.29. The quantitative estimate of drug-likeness (QED) is 0.805. The molecule has 1 aromatic carbocycles. The summed E-state index contributed by atoms with van der Waals surface area (Å²) in [5.74, 6) is 1.08. The van der Waals surface area contributed by atoms with Gasteiger partial charge >= 0.3 is 0 Å². The Kier molecular flexibility index (Phi) is 3.85. The predicted octanol–water partition coefficient (Wildman–Crippen LogP) is 2.64. The van der Waals surface area contributed by atoms with Crippen LogP contribution in [0.3, 0.4) is 0 Å². The minimum absolute atomic E-state index is 0.0707. The average molecular weight is 295 g/mol. The standard InChI is InChI=1S/C11H12Cl2O3S/c12-6-9-10(13)2-1-3-11(9)16-8-4-5-17(14,15)7-8/h1-3,8H,4-7H2. The molecule has 0 bridgehead atoms. The zero-order chi connectivity index (χ0) is 12.5. The smallest absolute Gasteiger partial charge is 0.154 e. The van der Waals surface area contributed by atoms with Crippen molar-refractivity contribution in [1.29, 1.82) is 0 Å². The molecule has 94 valence electrons. The van der Waals surface area contributed by atoms with Gasteiger partial charge in [0.05, 0.1) is 17.4 Å². The van der Waals surface area contributed by atoms with Gasteiger partial charge in [0.25, 0.3) is 0 Å². The number of sulfone groups is 1. The summed E-state index contributed by atoms with van der Waals surface area (Å²) in [6.07, 6.45) is 0.233. The first kappa shape index (κ1) is 13.0. The highest BCUT2D eigenvalue weighted by Crippen LogP contribution is 2.30. The minimum Gasteiger partial charge on any atom is -0.489 e. The first-order valence-electron chi connectivity index (χ1n) is 5.22. The zero-order valence-electron chi connectivity index (χ0n) is 9.03. The van der Waals surface area contributed by atoms with Gasteiger partial charge in [-0.2, -0.15) is 0 Å². The Morgan fingerprint density at radius 1 is 1.41 bits per heavy atom. The van der Waals surface area contributed by atoms with Crippen LogP contribution in [0.4, 0.5) is 0 Å². The molecule has 0 spiro atoms.